The molecule has 0 N–H and O–H groups in total. The van der Waals surface area contributed by atoms with Gasteiger partial charge in [-0.15, -0.1) is 0 Å². The van der Waals surface area contributed by atoms with Crippen LogP contribution in [-0.2, 0) is 0 Å². The van der Waals surface area contributed by atoms with Gasteiger partial charge in [0.2, 0.25) is 5.88 Å². The maximum Gasteiger partial charge on any atom is 0.236 e. The number of nitriles is 1. The van der Waals surface area contributed by atoms with Gasteiger partial charge in [-0.3, -0.25) is 4.79 Å². The van der Waals surface area contributed by atoms with Gasteiger partial charge in [0.1, 0.15) is 11.6 Å². The van der Waals surface area contributed by atoms with Crippen molar-refractivity contribution in [3.05, 3.63) is 47.7 Å². The van der Waals surface area contributed by atoms with Gasteiger partial charge in [-0.05, 0) is 6.26 Å². The summed E-state index contributed by atoms with van der Waals surface area (Å²) in [7, 11) is 0. The van der Waals surface area contributed by atoms with Crippen LogP contribution in [0.1, 0.15) is 15.9 Å². The number of carbonyl (C=O) groups is 1. The van der Waals surface area contributed by atoms with E-state index in [-0.39, 0.29) is 23.8 Å². The van der Waals surface area contributed by atoms with E-state index in [1.165, 1.54) is 18.0 Å². The molecule has 0 bridgehead atoms. The Morgan fingerprint density at radius 2 is 2.15 bits per heavy atom. The lowest BCUT2D eigenvalue weighted by molar-refractivity contribution is 0.0917. The molecule has 0 aliphatic carbocycles. The predicted molar refractivity (Wildman–Crippen MR) is 74.8 cm³/mol. The van der Waals surface area contributed by atoms with E-state index in [9.17, 15) is 4.79 Å². The molecule has 0 fully saturated rings. The van der Waals surface area contributed by atoms with E-state index in [1.807, 2.05) is 18.4 Å². The zero-order valence-electron chi connectivity index (χ0n) is 10.7. The first kappa shape index (κ1) is 14.0. The lowest BCUT2D eigenvalue weighted by Crippen LogP contribution is -2.13. The van der Waals surface area contributed by atoms with Crippen molar-refractivity contribution >= 4 is 17.5 Å². The molecule has 1 heterocycles. The van der Waals surface area contributed by atoms with Crippen molar-refractivity contribution in [3.63, 3.8) is 0 Å². The molecule has 6 heteroatoms. The summed E-state index contributed by atoms with van der Waals surface area (Å²) in [5, 5.41) is 9.45. The first-order valence-corrected chi connectivity index (χ1v) is 6.99. The van der Waals surface area contributed by atoms with Gasteiger partial charge in [-0.1, -0.05) is 42.1 Å². The van der Waals surface area contributed by atoms with E-state index in [0.717, 1.165) is 0 Å². The highest BCUT2D eigenvalue weighted by Crippen LogP contribution is 2.18. The number of Topliss-reactive ketones (excluding diaryl/α,β-unsaturated/α-hetero) is 1. The van der Waals surface area contributed by atoms with Crippen molar-refractivity contribution in [2.45, 2.75) is 5.16 Å². The Morgan fingerprint density at radius 1 is 1.40 bits per heavy atom. The third-order valence-corrected chi connectivity index (χ3v) is 3.03. The van der Waals surface area contributed by atoms with Crippen molar-refractivity contribution in [1.29, 1.82) is 5.26 Å². The smallest absolute Gasteiger partial charge is 0.236 e. The summed E-state index contributed by atoms with van der Waals surface area (Å²) in [5.74, 6) is -0.0325. The molecule has 100 valence electrons. The van der Waals surface area contributed by atoms with Crippen molar-refractivity contribution < 1.29 is 9.53 Å². The molecule has 1 aromatic heterocycles. The third kappa shape index (κ3) is 3.33. The largest absolute Gasteiger partial charge is 0.468 e. The Kier molecular flexibility index (Phi) is 4.69. The maximum atomic E-state index is 11.9. The van der Waals surface area contributed by atoms with E-state index in [1.54, 1.807) is 24.3 Å². The van der Waals surface area contributed by atoms with Gasteiger partial charge in [0.15, 0.2) is 17.5 Å². The van der Waals surface area contributed by atoms with E-state index < -0.39 is 0 Å². The second-order valence-electron chi connectivity index (χ2n) is 3.77. The van der Waals surface area contributed by atoms with Crippen LogP contribution >= 0.6 is 11.8 Å². The van der Waals surface area contributed by atoms with Gasteiger partial charge in [0, 0.05) is 5.56 Å². The minimum Gasteiger partial charge on any atom is -0.468 e. The zero-order chi connectivity index (χ0) is 14.4. The van der Waals surface area contributed by atoms with Gasteiger partial charge in [-0.2, -0.15) is 10.2 Å². The number of benzene rings is 1. The van der Waals surface area contributed by atoms with Crippen LogP contribution in [0.4, 0.5) is 0 Å². The fourth-order valence-corrected chi connectivity index (χ4v) is 1.81. The van der Waals surface area contributed by atoms with Crippen LogP contribution in [0.2, 0.25) is 0 Å². The zero-order valence-corrected chi connectivity index (χ0v) is 11.6. The van der Waals surface area contributed by atoms with Crippen molar-refractivity contribution in [1.82, 2.24) is 9.97 Å². The average molecular weight is 285 g/mol. The summed E-state index contributed by atoms with van der Waals surface area (Å²) in [4.78, 5) is 20.0. The van der Waals surface area contributed by atoms with Gasteiger partial charge in [0.05, 0.1) is 6.20 Å². The van der Waals surface area contributed by atoms with Crippen molar-refractivity contribution in [2.75, 3.05) is 12.9 Å². The van der Waals surface area contributed by atoms with E-state index in [0.29, 0.717) is 10.7 Å². The molecule has 0 spiro atoms. The number of hydrogen-bond acceptors (Lipinski definition) is 6. The molecule has 2 aromatic rings. The van der Waals surface area contributed by atoms with E-state index in [4.69, 9.17) is 10.00 Å². The Morgan fingerprint density at radius 3 is 2.80 bits per heavy atom. The van der Waals surface area contributed by atoms with Gasteiger partial charge in [0.25, 0.3) is 0 Å². The average Bonchev–Trinajstić information content (AvgIpc) is 2.53. The molecule has 0 aliphatic rings. The standard InChI is InChI=1S/C14H11N3O2S/c1-20-14-16-8-11(7-15)13(17-14)19-9-12(18)10-5-3-2-4-6-10/h2-6,8H,9H2,1H3. The maximum absolute atomic E-state index is 11.9. The van der Waals surface area contributed by atoms with Crippen LogP contribution in [0.15, 0.2) is 41.7 Å². The quantitative estimate of drug-likeness (QED) is 0.477. The molecular formula is C14H11N3O2S. The summed E-state index contributed by atoms with van der Waals surface area (Å²) in [6.07, 6.45) is 3.21. The Hall–Kier alpha value is -2.39. The lowest BCUT2D eigenvalue weighted by Gasteiger charge is -2.06. The number of thioether (sulfide) groups is 1. The van der Waals surface area contributed by atoms with Gasteiger partial charge < -0.3 is 4.74 Å². The Balaban J connectivity index is 2.11. The number of nitrogens with zero attached hydrogens (tertiary/aromatic N) is 3. The van der Waals surface area contributed by atoms with Crippen molar-refractivity contribution in [3.8, 4) is 11.9 Å². The number of carbonyl (C=O) groups excluding carboxylic acids is 1. The van der Waals surface area contributed by atoms with Crippen LogP contribution in [-0.4, -0.2) is 28.6 Å². The van der Waals surface area contributed by atoms with Gasteiger partial charge in [-0.25, -0.2) is 4.98 Å². The van der Waals surface area contributed by atoms with Crippen LogP contribution in [0.25, 0.3) is 0 Å². The molecule has 1 aromatic carbocycles. The molecule has 0 amide bonds. The fourth-order valence-electron chi connectivity index (χ4n) is 1.48. The molecule has 0 aliphatic heterocycles. The molecule has 0 saturated heterocycles. The van der Waals surface area contributed by atoms with Crippen LogP contribution < -0.4 is 4.74 Å². The number of ketones is 1. The molecule has 5 nitrogen and oxygen atoms in total. The fraction of sp³-hybridized carbons (Fsp3) is 0.143. The number of ether oxygens (including phenoxy) is 1. The molecule has 0 radical (unpaired) electrons. The molecule has 0 saturated carbocycles. The van der Waals surface area contributed by atoms with Crippen LogP contribution in [0.5, 0.6) is 5.88 Å². The molecule has 2 rings (SSSR count). The van der Waals surface area contributed by atoms with E-state index >= 15 is 0 Å². The molecule has 0 atom stereocenters. The SMILES string of the molecule is CSc1ncc(C#N)c(OCC(=O)c2ccccc2)n1. The lowest BCUT2D eigenvalue weighted by atomic mass is 10.1. The Bertz CT molecular complexity index is 653. The number of aromatic nitrogens is 2. The first-order valence-electron chi connectivity index (χ1n) is 5.76. The summed E-state index contributed by atoms with van der Waals surface area (Å²) in [5.41, 5.74) is 0.772. The molecular weight excluding hydrogens is 274 g/mol. The molecule has 20 heavy (non-hydrogen) atoms. The van der Waals surface area contributed by atoms with Crippen LogP contribution in [0, 0.1) is 11.3 Å². The first-order chi connectivity index (χ1) is 9.74. The number of rotatable bonds is 5. The van der Waals surface area contributed by atoms with E-state index in [2.05, 4.69) is 9.97 Å². The highest BCUT2D eigenvalue weighted by atomic mass is 32.2. The summed E-state index contributed by atoms with van der Waals surface area (Å²) >= 11 is 1.34. The monoisotopic (exact) mass is 285 g/mol. The second kappa shape index (κ2) is 6.68. The third-order valence-electron chi connectivity index (χ3n) is 2.47. The normalized spacial score (nSPS) is 9.80. The summed E-state index contributed by atoms with van der Waals surface area (Å²) < 4.78 is 5.35. The summed E-state index contributed by atoms with van der Waals surface area (Å²) in [6.45, 7) is -0.163. The van der Waals surface area contributed by atoms with Crippen molar-refractivity contribution in [2.24, 2.45) is 0 Å². The molecule has 0 unspecified atom stereocenters. The topological polar surface area (TPSA) is 75.9 Å². The van der Waals surface area contributed by atoms with Crippen LogP contribution in [0.3, 0.4) is 0 Å². The van der Waals surface area contributed by atoms with Gasteiger partial charge >= 0.3 is 0 Å². The second-order valence-corrected chi connectivity index (χ2v) is 4.54. The minimum atomic E-state index is -0.168. The Labute approximate surface area is 120 Å². The predicted octanol–water partition coefficient (Wildman–Crippen LogP) is 2.33. The minimum absolute atomic E-state index is 0.135. The summed E-state index contributed by atoms with van der Waals surface area (Å²) in [6, 6.07) is 10.8. The number of hydrogen-bond donors (Lipinski definition) is 0. The highest BCUT2D eigenvalue weighted by molar-refractivity contribution is 7.98. The highest BCUT2D eigenvalue weighted by Gasteiger charge is 2.11.